The van der Waals surface area contributed by atoms with Gasteiger partial charge in [0, 0.05) is 0 Å². The summed E-state index contributed by atoms with van der Waals surface area (Å²) in [5, 5.41) is 0. The van der Waals surface area contributed by atoms with Gasteiger partial charge in [-0.2, -0.15) is 0 Å². The van der Waals surface area contributed by atoms with Gasteiger partial charge in [0.05, 0.1) is 16.9 Å². The molecule has 0 unspecified atom stereocenters. The van der Waals surface area contributed by atoms with Crippen molar-refractivity contribution in [1.29, 1.82) is 0 Å². The predicted molar refractivity (Wildman–Crippen MR) is 99.5 cm³/mol. The highest BCUT2D eigenvalue weighted by molar-refractivity contribution is 7.90. The molecule has 1 aliphatic rings. The zero-order valence-corrected chi connectivity index (χ0v) is 15.9. The van der Waals surface area contributed by atoms with Crippen molar-refractivity contribution in [3.05, 3.63) is 59.9 Å². The van der Waals surface area contributed by atoms with Crippen LogP contribution in [-0.4, -0.2) is 20.9 Å². The summed E-state index contributed by atoms with van der Waals surface area (Å²) in [6.45, 7) is 2.30. The van der Waals surface area contributed by atoms with Crippen molar-refractivity contribution < 1.29 is 22.3 Å². The summed E-state index contributed by atoms with van der Waals surface area (Å²) in [6, 6.07) is 11.7. The summed E-state index contributed by atoms with van der Waals surface area (Å²) in [5.74, 6) is -0.504. The third kappa shape index (κ3) is 3.98. The van der Waals surface area contributed by atoms with Crippen LogP contribution in [0.3, 0.4) is 0 Å². The van der Waals surface area contributed by atoms with Gasteiger partial charge in [0.1, 0.15) is 11.6 Å². The van der Waals surface area contributed by atoms with Crippen molar-refractivity contribution in [1.82, 2.24) is 4.72 Å². The number of amides is 1. The van der Waals surface area contributed by atoms with E-state index < -0.39 is 27.2 Å². The van der Waals surface area contributed by atoms with Crippen molar-refractivity contribution in [3.8, 4) is 5.75 Å². The number of rotatable bonds is 6. The van der Waals surface area contributed by atoms with Crippen LogP contribution in [0.5, 0.6) is 5.75 Å². The van der Waals surface area contributed by atoms with Crippen LogP contribution in [0.15, 0.2) is 53.4 Å². The third-order valence-electron chi connectivity index (χ3n) is 4.94. The second-order valence-electron chi connectivity index (χ2n) is 6.64. The van der Waals surface area contributed by atoms with Gasteiger partial charge in [-0.25, -0.2) is 17.5 Å². The first-order valence-electron chi connectivity index (χ1n) is 8.93. The van der Waals surface area contributed by atoms with E-state index >= 15 is 0 Å². The first-order valence-corrected chi connectivity index (χ1v) is 10.4. The zero-order valence-electron chi connectivity index (χ0n) is 15.1. The molecule has 144 valence electrons. The molecule has 7 heteroatoms. The van der Waals surface area contributed by atoms with E-state index in [4.69, 9.17) is 4.74 Å². The number of ether oxygens (including phenoxy) is 1. The Bertz CT molecular complexity index is 919. The molecule has 3 rings (SSSR count). The molecule has 0 aromatic heterocycles. The zero-order chi connectivity index (χ0) is 19.5. The lowest BCUT2D eigenvalue weighted by Gasteiger charge is -2.28. The largest absolute Gasteiger partial charge is 0.494 e. The second-order valence-corrected chi connectivity index (χ2v) is 8.32. The van der Waals surface area contributed by atoms with Crippen molar-refractivity contribution in [2.24, 2.45) is 0 Å². The predicted octanol–water partition coefficient (Wildman–Crippen LogP) is 3.54. The van der Waals surface area contributed by atoms with Crippen LogP contribution in [0.2, 0.25) is 0 Å². The summed E-state index contributed by atoms with van der Waals surface area (Å²) in [5.41, 5.74) is -0.514. The molecule has 1 fully saturated rings. The normalized spacial score (nSPS) is 16.1. The standard InChI is InChI=1S/C20H22FNO4S/c1-2-26-17-8-10-18(11-9-17)27(24,25)22-19(23)20(12-3-4-13-20)15-6-5-7-16(21)14-15/h5-11,14H,2-4,12-13H2,1H3,(H,22,23). The Hall–Kier alpha value is -2.41. The van der Waals surface area contributed by atoms with E-state index in [-0.39, 0.29) is 4.90 Å². The molecular formula is C20H22FNO4S. The maximum atomic E-state index is 13.7. The minimum atomic E-state index is -4.03. The fourth-order valence-corrected chi connectivity index (χ4v) is 4.62. The Morgan fingerprint density at radius 1 is 1.15 bits per heavy atom. The van der Waals surface area contributed by atoms with Crippen LogP contribution >= 0.6 is 0 Å². The minimum absolute atomic E-state index is 0.0216. The fourth-order valence-electron chi connectivity index (χ4n) is 3.57. The first-order chi connectivity index (χ1) is 12.9. The van der Waals surface area contributed by atoms with E-state index in [9.17, 15) is 17.6 Å². The molecule has 27 heavy (non-hydrogen) atoms. The molecule has 1 saturated carbocycles. The first kappa shape index (κ1) is 19.4. The SMILES string of the molecule is CCOc1ccc(S(=O)(=O)NC(=O)C2(c3cccc(F)c3)CCCC2)cc1. The molecule has 0 heterocycles. The average Bonchev–Trinajstić information content (AvgIpc) is 3.13. The van der Waals surface area contributed by atoms with Gasteiger partial charge in [-0.05, 0) is 61.7 Å². The van der Waals surface area contributed by atoms with Gasteiger partial charge in [-0.15, -0.1) is 0 Å². The molecule has 0 aliphatic heterocycles. The van der Waals surface area contributed by atoms with Gasteiger partial charge in [0.15, 0.2) is 0 Å². The Morgan fingerprint density at radius 2 is 1.81 bits per heavy atom. The summed E-state index contributed by atoms with van der Waals surface area (Å²) < 4.78 is 46.5. The van der Waals surface area contributed by atoms with Crippen LogP contribution in [-0.2, 0) is 20.2 Å². The van der Waals surface area contributed by atoms with E-state index in [0.717, 1.165) is 12.8 Å². The van der Waals surface area contributed by atoms with Gasteiger partial charge >= 0.3 is 0 Å². The van der Waals surface area contributed by atoms with Gasteiger partial charge in [-0.1, -0.05) is 25.0 Å². The van der Waals surface area contributed by atoms with Crippen LogP contribution in [0.25, 0.3) is 0 Å². The van der Waals surface area contributed by atoms with Gasteiger partial charge < -0.3 is 4.74 Å². The molecule has 1 N–H and O–H groups in total. The second kappa shape index (κ2) is 7.68. The maximum absolute atomic E-state index is 13.7. The molecule has 0 spiro atoms. The quantitative estimate of drug-likeness (QED) is 0.818. The lowest BCUT2D eigenvalue weighted by Crippen LogP contribution is -2.45. The van der Waals surface area contributed by atoms with Crippen molar-refractivity contribution in [3.63, 3.8) is 0 Å². The Balaban J connectivity index is 1.87. The number of halogens is 1. The Morgan fingerprint density at radius 3 is 2.41 bits per heavy atom. The molecule has 0 radical (unpaired) electrons. The topological polar surface area (TPSA) is 72.5 Å². The highest BCUT2D eigenvalue weighted by Crippen LogP contribution is 2.41. The van der Waals surface area contributed by atoms with E-state index in [1.54, 1.807) is 24.3 Å². The highest BCUT2D eigenvalue weighted by Gasteiger charge is 2.44. The third-order valence-corrected chi connectivity index (χ3v) is 6.29. The lowest BCUT2D eigenvalue weighted by molar-refractivity contribution is -0.124. The average molecular weight is 391 g/mol. The van der Waals surface area contributed by atoms with Crippen molar-refractivity contribution >= 4 is 15.9 Å². The number of nitrogens with one attached hydrogen (secondary N) is 1. The minimum Gasteiger partial charge on any atom is -0.494 e. The monoisotopic (exact) mass is 391 g/mol. The van der Waals surface area contributed by atoms with E-state index in [2.05, 4.69) is 4.72 Å². The number of carbonyl (C=O) groups is 1. The van der Waals surface area contributed by atoms with Crippen LogP contribution in [0.1, 0.15) is 38.2 Å². The van der Waals surface area contributed by atoms with Crippen LogP contribution in [0.4, 0.5) is 4.39 Å². The molecular weight excluding hydrogens is 369 g/mol. The number of hydrogen-bond donors (Lipinski definition) is 1. The fraction of sp³-hybridized carbons (Fsp3) is 0.350. The smallest absolute Gasteiger partial charge is 0.264 e. The van der Waals surface area contributed by atoms with Crippen molar-refractivity contribution in [2.75, 3.05) is 6.61 Å². The summed E-state index contributed by atoms with van der Waals surface area (Å²) in [4.78, 5) is 13.0. The van der Waals surface area contributed by atoms with E-state index in [1.807, 2.05) is 6.92 Å². The molecule has 0 bridgehead atoms. The molecule has 2 aromatic rings. The van der Waals surface area contributed by atoms with Crippen LogP contribution in [0, 0.1) is 5.82 Å². The van der Waals surface area contributed by atoms with Gasteiger partial charge in [-0.3, -0.25) is 4.79 Å². The van der Waals surface area contributed by atoms with E-state index in [1.165, 1.54) is 24.3 Å². The Kier molecular flexibility index (Phi) is 5.51. The molecule has 1 aliphatic carbocycles. The highest BCUT2D eigenvalue weighted by atomic mass is 32.2. The maximum Gasteiger partial charge on any atom is 0.264 e. The molecule has 2 aromatic carbocycles. The number of hydrogen-bond acceptors (Lipinski definition) is 4. The molecule has 1 amide bonds. The molecule has 5 nitrogen and oxygen atoms in total. The summed E-state index contributed by atoms with van der Waals surface area (Å²) in [7, 11) is -4.03. The van der Waals surface area contributed by atoms with Crippen LogP contribution < -0.4 is 9.46 Å². The van der Waals surface area contributed by atoms with Gasteiger partial charge in [0.2, 0.25) is 5.91 Å². The number of carbonyl (C=O) groups excluding carboxylic acids is 1. The van der Waals surface area contributed by atoms with Crippen molar-refractivity contribution in [2.45, 2.75) is 42.9 Å². The van der Waals surface area contributed by atoms with Gasteiger partial charge in [0.25, 0.3) is 10.0 Å². The molecule has 0 saturated heterocycles. The summed E-state index contributed by atoms with van der Waals surface area (Å²) >= 11 is 0. The Labute approximate surface area is 158 Å². The van der Waals surface area contributed by atoms with E-state index in [0.29, 0.717) is 30.8 Å². The number of benzene rings is 2. The molecule has 0 atom stereocenters. The lowest BCUT2D eigenvalue weighted by atomic mass is 9.78. The summed E-state index contributed by atoms with van der Waals surface area (Å²) in [6.07, 6.45) is 2.54. The number of sulfonamides is 1.